The second kappa shape index (κ2) is 7.38. The van der Waals surface area contributed by atoms with Crippen LogP contribution in [0.4, 0.5) is 5.69 Å². The largest absolute Gasteiger partial charge is 0.543 e. The summed E-state index contributed by atoms with van der Waals surface area (Å²) in [6.07, 6.45) is 0. The fourth-order valence-electron chi connectivity index (χ4n) is 1.90. The molecular weight excluding hydrogens is 398 g/mol. The van der Waals surface area contributed by atoms with Gasteiger partial charge in [0.05, 0.1) is 0 Å². The van der Waals surface area contributed by atoms with Crippen LogP contribution in [0.15, 0.2) is 53.0 Å². The third-order valence-electron chi connectivity index (χ3n) is 4.41. The van der Waals surface area contributed by atoms with Crippen molar-refractivity contribution in [2.75, 3.05) is 5.32 Å². The predicted molar refractivity (Wildman–Crippen MR) is 114 cm³/mol. The minimum atomic E-state index is -1.92. The van der Waals surface area contributed by atoms with Crippen LogP contribution in [0.1, 0.15) is 26.3 Å². The van der Waals surface area contributed by atoms with Gasteiger partial charge in [0.15, 0.2) is 0 Å². The number of hydrogen-bond donors (Lipinski definition) is 1. The number of thiocarbonyl (C=S) groups is 1. The Hall–Kier alpha value is -1.17. The van der Waals surface area contributed by atoms with E-state index in [0.29, 0.717) is 4.99 Å². The number of benzene rings is 2. The molecule has 0 bridgehead atoms. The van der Waals surface area contributed by atoms with Crippen molar-refractivity contribution in [3.8, 4) is 5.75 Å². The molecule has 0 aromatic heterocycles. The third kappa shape index (κ3) is 4.68. The van der Waals surface area contributed by atoms with E-state index in [1.807, 2.05) is 48.5 Å². The number of anilines is 1. The average Bonchev–Trinajstić information content (AvgIpc) is 2.48. The van der Waals surface area contributed by atoms with Crippen LogP contribution in [0, 0.1) is 0 Å². The van der Waals surface area contributed by atoms with E-state index in [9.17, 15) is 0 Å². The van der Waals surface area contributed by atoms with Gasteiger partial charge in [0.25, 0.3) is 8.32 Å². The van der Waals surface area contributed by atoms with Gasteiger partial charge in [-0.2, -0.15) is 0 Å². The second-order valence-electron chi connectivity index (χ2n) is 7.32. The molecule has 0 fully saturated rings. The van der Waals surface area contributed by atoms with E-state index in [2.05, 4.69) is 55.1 Å². The first-order valence-electron chi connectivity index (χ1n) is 7.95. The van der Waals surface area contributed by atoms with Gasteiger partial charge in [0.1, 0.15) is 10.7 Å². The minimum Gasteiger partial charge on any atom is -0.543 e. The molecular formula is C19H24BrNOSSi. The number of nitrogens with one attached hydrogen (secondary N) is 1. The normalized spacial score (nSPS) is 11.9. The van der Waals surface area contributed by atoms with Gasteiger partial charge in [0.2, 0.25) is 0 Å². The first kappa shape index (κ1) is 19.2. The number of rotatable bonds is 4. The molecule has 0 saturated carbocycles. The van der Waals surface area contributed by atoms with Crippen LogP contribution < -0.4 is 9.74 Å². The van der Waals surface area contributed by atoms with Crippen molar-refractivity contribution < 1.29 is 4.43 Å². The summed E-state index contributed by atoms with van der Waals surface area (Å²) in [6.45, 7) is 11.2. The lowest BCUT2D eigenvalue weighted by Crippen LogP contribution is -2.44. The van der Waals surface area contributed by atoms with Crippen LogP contribution >= 0.6 is 28.1 Å². The maximum absolute atomic E-state index is 6.48. The molecule has 0 saturated heterocycles. The molecule has 2 nitrogen and oxygen atoms in total. The van der Waals surface area contributed by atoms with E-state index in [-0.39, 0.29) is 5.04 Å². The fraction of sp³-hybridized carbons (Fsp3) is 0.316. The summed E-state index contributed by atoms with van der Waals surface area (Å²) in [4.78, 5) is 0.673. The average molecular weight is 422 g/mol. The van der Waals surface area contributed by atoms with Gasteiger partial charge < -0.3 is 9.74 Å². The monoisotopic (exact) mass is 421 g/mol. The Labute approximate surface area is 159 Å². The molecule has 1 N–H and O–H groups in total. The van der Waals surface area contributed by atoms with E-state index in [1.165, 1.54) is 0 Å². The van der Waals surface area contributed by atoms with Gasteiger partial charge in [-0.1, -0.05) is 61.1 Å². The van der Waals surface area contributed by atoms with Gasteiger partial charge in [-0.25, -0.2) is 0 Å². The zero-order valence-electron chi connectivity index (χ0n) is 14.8. The van der Waals surface area contributed by atoms with Crippen molar-refractivity contribution in [1.82, 2.24) is 0 Å². The molecule has 0 aliphatic carbocycles. The topological polar surface area (TPSA) is 21.3 Å². The van der Waals surface area contributed by atoms with E-state index >= 15 is 0 Å². The fourth-order valence-corrected chi connectivity index (χ4v) is 3.49. The highest BCUT2D eigenvalue weighted by Crippen LogP contribution is 2.38. The zero-order chi connectivity index (χ0) is 18.0. The molecule has 2 aromatic carbocycles. The number of para-hydroxylation sites is 1. The molecule has 5 heteroatoms. The van der Waals surface area contributed by atoms with E-state index in [0.717, 1.165) is 21.5 Å². The Kier molecular flexibility index (Phi) is 5.89. The molecule has 0 amide bonds. The summed E-state index contributed by atoms with van der Waals surface area (Å²) in [5.74, 6) is 0.860. The first-order chi connectivity index (χ1) is 11.1. The van der Waals surface area contributed by atoms with E-state index in [1.54, 1.807) is 0 Å². The lowest BCUT2D eigenvalue weighted by Gasteiger charge is -2.37. The predicted octanol–water partition coefficient (Wildman–Crippen LogP) is 6.62. The van der Waals surface area contributed by atoms with Crippen molar-refractivity contribution >= 4 is 47.1 Å². The van der Waals surface area contributed by atoms with Crippen molar-refractivity contribution in [3.63, 3.8) is 0 Å². The van der Waals surface area contributed by atoms with Crippen LogP contribution in [0.25, 0.3) is 0 Å². The maximum Gasteiger partial charge on any atom is 0.250 e. The van der Waals surface area contributed by atoms with Gasteiger partial charge >= 0.3 is 0 Å². The summed E-state index contributed by atoms with van der Waals surface area (Å²) in [6, 6.07) is 16.0. The lowest BCUT2D eigenvalue weighted by molar-refractivity contribution is 0.491. The molecule has 24 heavy (non-hydrogen) atoms. The molecule has 0 radical (unpaired) electrons. The molecule has 0 spiro atoms. The Bertz CT molecular complexity index is 723. The van der Waals surface area contributed by atoms with Gasteiger partial charge in [-0.05, 0) is 54.5 Å². The van der Waals surface area contributed by atoms with Crippen molar-refractivity contribution in [1.29, 1.82) is 0 Å². The quantitative estimate of drug-likeness (QED) is 0.442. The van der Waals surface area contributed by atoms with Crippen molar-refractivity contribution in [2.24, 2.45) is 0 Å². The first-order valence-corrected chi connectivity index (χ1v) is 12.1. The molecule has 0 aliphatic heterocycles. The summed E-state index contributed by atoms with van der Waals surface area (Å²) in [5.41, 5.74) is 1.89. The Morgan fingerprint density at radius 2 is 1.62 bits per heavy atom. The Morgan fingerprint density at radius 1 is 1.04 bits per heavy atom. The SMILES string of the molecule is CC(C)(C)[Si](C)(C)Oc1ccccc1C(=S)Nc1ccc(Br)cc1. The minimum absolute atomic E-state index is 0.140. The lowest BCUT2D eigenvalue weighted by atomic mass is 10.2. The van der Waals surface area contributed by atoms with E-state index in [4.69, 9.17) is 16.6 Å². The zero-order valence-corrected chi connectivity index (χ0v) is 18.2. The van der Waals surface area contributed by atoms with Crippen LogP contribution in [-0.4, -0.2) is 13.3 Å². The Morgan fingerprint density at radius 3 is 2.21 bits per heavy atom. The maximum atomic E-state index is 6.48. The highest BCUT2D eigenvalue weighted by molar-refractivity contribution is 9.10. The summed E-state index contributed by atoms with van der Waals surface area (Å²) in [5, 5.41) is 3.44. The van der Waals surface area contributed by atoms with Crippen LogP contribution in [0.5, 0.6) is 5.75 Å². The highest BCUT2D eigenvalue weighted by atomic mass is 79.9. The van der Waals surface area contributed by atoms with Gasteiger partial charge in [0, 0.05) is 15.7 Å². The van der Waals surface area contributed by atoms with Gasteiger partial charge in [-0.15, -0.1) is 0 Å². The molecule has 0 atom stereocenters. The summed E-state index contributed by atoms with van der Waals surface area (Å²) in [7, 11) is -1.92. The molecule has 2 rings (SSSR count). The third-order valence-corrected chi connectivity index (χ3v) is 9.60. The molecule has 128 valence electrons. The standard InChI is InChI=1S/C19H24BrNOSSi/c1-19(2,3)24(4,5)22-17-9-7-6-8-16(17)18(23)21-15-12-10-14(20)11-13-15/h6-13H,1-5H3,(H,21,23). The van der Waals surface area contributed by atoms with Crippen LogP contribution in [0.2, 0.25) is 18.1 Å². The molecule has 2 aromatic rings. The molecule has 0 heterocycles. The van der Waals surface area contributed by atoms with Crippen LogP contribution in [0.3, 0.4) is 0 Å². The second-order valence-corrected chi connectivity index (χ2v) is 13.4. The molecule has 0 aliphatic rings. The van der Waals surface area contributed by atoms with Crippen LogP contribution in [-0.2, 0) is 0 Å². The summed E-state index contributed by atoms with van der Waals surface area (Å²) < 4.78 is 7.52. The van der Waals surface area contributed by atoms with E-state index < -0.39 is 8.32 Å². The van der Waals surface area contributed by atoms with Crippen molar-refractivity contribution in [2.45, 2.75) is 38.9 Å². The Balaban J connectivity index is 2.25. The highest BCUT2D eigenvalue weighted by Gasteiger charge is 2.39. The van der Waals surface area contributed by atoms with Crippen molar-refractivity contribution in [3.05, 3.63) is 58.6 Å². The number of hydrogen-bond acceptors (Lipinski definition) is 2. The van der Waals surface area contributed by atoms with Gasteiger partial charge in [-0.3, -0.25) is 0 Å². The number of halogens is 1. The summed E-state index contributed by atoms with van der Waals surface area (Å²) >= 11 is 9.06. The molecule has 0 unspecified atom stereocenters. The smallest absolute Gasteiger partial charge is 0.250 e.